The van der Waals surface area contributed by atoms with E-state index in [1.807, 2.05) is 18.2 Å². The maximum atomic E-state index is 12.8. The summed E-state index contributed by atoms with van der Waals surface area (Å²) in [6.07, 6.45) is -3.67. The van der Waals surface area contributed by atoms with Crippen LogP contribution in [0, 0.1) is 0 Å². The smallest absolute Gasteiger partial charge is 0.416 e. The summed E-state index contributed by atoms with van der Waals surface area (Å²) in [6, 6.07) is 11.0. The number of alkyl halides is 3. The van der Waals surface area contributed by atoms with E-state index >= 15 is 0 Å². The lowest BCUT2D eigenvalue weighted by Crippen LogP contribution is -2.09. The van der Waals surface area contributed by atoms with Crippen molar-refractivity contribution in [2.24, 2.45) is 0 Å². The van der Waals surface area contributed by atoms with E-state index < -0.39 is 11.7 Å². The minimum absolute atomic E-state index is 0.144. The highest BCUT2D eigenvalue weighted by molar-refractivity contribution is 5.60. The fourth-order valence-electron chi connectivity index (χ4n) is 2.60. The second kappa shape index (κ2) is 4.98. The van der Waals surface area contributed by atoms with Crippen LogP contribution < -0.4 is 10.1 Å². The molecule has 0 aliphatic carbocycles. The summed E-state index contributed by atoms with van der Waals surface area (Å²) in [5.41, 5.74) is 2.02. The Bertz CT molecular complexity index is 667. The minimum atomic E-state index is -4.31. The number of hydrogen-bond acceptors (Lipinski definition) is 2. The largest absolute Gasteiger partial charge is 0.497 e. The van der Waals surface area contributed by atoms with Crippen molar-refractivity contribution in [1.29, 1.82) is 0 Å². The zero-order chi connectivity index (χ0) is 15.0. The molecule has 1 N–H and O–H groups in total. The predicted molar refractivity (Wildman–Crippen MR) is 74.5 cm³/mol. The van der Waals surface area contributed by atoms with E-state index in [1.54, 1.807) is 13.2 Å². The molecule has 3 rings (SSSR count). The molecule has 1 heterocycles. The van der Waals surface area contributed by atoms with E-state index in [0.717, 1.165) is 23.1 Å². The van der Waals surface area contributed by atoms with Crippen molar-refractivity contribution in [3.05, 3.63) is 59.2 Å². The molecule has 0 saturated heterocycles. The summed E-state index contributed by atoms with van der Waals surface area (Å²) < 4.78 is 43.5. The second-order valence-corrected chi connectivity index (χ2v) is 5.05. The molecule has 0 amide bonds. The van der Waals surface area contributed by atoms with Gasteiger partial charge in [-0.15, -0.1) is 0 Å². The SMILES string of the molecule is COc1ccc2c(c1)CC(c1cccc(C(F)(F)F)c1)N2. The Morgan fingerprint density at radius 2 is 1.95 bits per heavy atom. The van der Waals surface area contributed by atoms with E-state index in [2.05, 4.69) is 5.32 Å². The molecule has 21 heavy (non-hydrogen) atoms. The van der Waals surface area contributed by atoms with Crippen molar-refractivity contribution in [1.82, 2.24) is 0 Å². The summed E-state index contributed by atoms with van der Waals surface area (Å²) in [5, 5.41) is 3.26. The Kier molecular flexibility index (Phi) is 3.27. The maximum Gasteiger partial charge on any atom is 0.416 e. The Labute approximate surface area is 120 Å². The number of ether oxygens (including phenoxy) is 1. The molecule has 0 radical (unpaired) electrons. The number of rotatable bonds is 2. The summed E-state index contributed by atoms with van der Waals surface area (Å²) in [5.74, 6) is 0.750. The van der Waals surface area contributed by atoms with E-state index in [0.29, 0.717) is 12.0 Å². The van der Waals surface area contributed by atoms with Crippen molar-refractivity contribution >= 4 is 5.69 Å². The molecule has 0 aromatic heterocycles. The van der Waals surface area contributed by atoms with Crippen molar-refractivity contribution in [3.8, 4) is 5.75 Å². The number of methoxy groups -OCH3 is 1. The molecule has 2 aromatic carbocycles. The third-order valence-electron chi connectivity index (χ3n) is 3.68. The number of hydrogen-bond donors (Lipinski definition) is 1. The van der Waals surface area contributed by atoms with Gasteiger partial charge in [-0.1, -0.05) is 12.1 Å². The van der Waals surface area contributed by atoms with Crippen LogP contribution in [0.25, 0.3) is 0 Å². The van der Waals surface area contributed by atoms with Crippen molar-refractivity contribution in [2.75, 3.05) is 12.4 Å². The van der Waals surface area contributed by atoms with Crippen molar-refractivity contribution < 1.29 is 17.9 Å². The molecule has 1 atom stereocenters. The molecule has 2 aromatic rings. The first-order chi connectivity index (χ1) is 9.97. The van der Waals surface area contributed by atoms with Gasteiger partial charge in [0.1, 0.15) is 5.75 Å². The molecule has 1 unspecified atom stereocenters. The molecule has 0 fully saturated rings. The lowest BCUT2D eigenvalue weighted by Gasteiger charge is -2.14. The van der Waals surface area contributed by atoms with Gasteiger partial charge < -0.3 is 10.1 Å². The van der Waals surface area contributed by atoms with Gasteiger partial charge in [-0.2, -0.15) is 13.2 Å². The average Bonchev–Trinajstić information content (AvgIpc) is 2.89. The lowest BCUT2D eigenvalue weighted by molar-refractivity contribution is -0.137. The van der Waals surface area contributed by atoms with Crippen LogP contribution in [0.15, 0.2) is 42.5 Å². The van der Waals surface area contributed by atoms with Crippen LogP contribution in [-0.2, 0) is 12.6 Å². The minimum Gasteiger partial charge on any atom is -0.497 e. The second-order valence-electron chi connectivity index (χ2n) is 5.05. The van der Waals surface area contributed by atoms with Gasteiger partial charge in [0.15, 0.2) is 0 Å². The van der Waals surface area contributed by atoms with E-state index in [4.69, 9.17) is 4.74 Å². The van der Waals surface area contributed by atoms with Gasteiger partial charge >= 0.3 is 6.18 Å². The van der Waals surface area contributed by atoms with Crippen LogP contribution in [0.5, 0.6) is 5.75 Å². The third kappa shape index (κ3) is 2.68. The van der Waals surface area contributed by atoms with E-state index in [1.165, 1.54) is 12.1 Å². The van der Waals surface area contributed by atoms with Gasteiger partial charge in [0.25, 0.3) is 0 Å². The molecule has 1 aliphatic rings. The van der Waals surface area contributed by atoms with E-state index in [9.17, 15) is 13.2 Å². The molecule has 0 saturated carbocycles. The lowest BCUT2D eigenvalue weighted by atomic mass is 10.0. The van der Waals surface area contributed by atoms with Crippen molar-refractivity contribution in [3.63, 3.8) is 0 Å². The normalized spacial score (nSPS) is 17.2. The van der Waals surface area contributed by atoms with Crippen LogP contribution >= 0.6 is 0 Å². The third-order valence-corrected chi connectivity index (χ3v) is 3.68. The topological polar surface area (TPSA) is 21.3 Å². The first-order valence-electron chi connectivity index (χ1n) is 6.58. The molecule has 110 valence electrons. The maximum absolute atomic E-state index is 12.8. The Hall–Kier alpha value is -2.17. The Morgan fingerprint density at radius 1 is 1.14 bits per heavy atom. The summed E-state index contributed by atoms with van der Waals surface area (Å²) >= 11 is 0. The first-order valence-corrected chi connectivity index (χ1v) is 6.58. The van der Waals surface area contributed by atoms with Gasteiger partial charge in [-0.05, 0) is 47.9 Å². The van der Waals surface area contributed by atoms with Gasteiger partial charge in [-0.3, -0.25) is 0 Å². The average molecular weight is 293 g/mol. The highest BCUT2D eigenvalue weighted by Gasteiger charge is 2.31. The van der Waals surface area contributed by atoms with Gasteiger partial charge in [0.05, 0.1) is 18.7 Å². The number of benzene rings is 2. The molecule has 2 nitrogen and oxygen atoms in total. The van der Waals surface area contributed by atoms with Crippen molar-refractivity contribution in [2.45, 2.75) is 18.6 Å². The standard InChI is InChI=1S/C16H14F3NO/c1-21-13-5-6-14-11(8-13)9-15(20-14)10-3-2-4-12(7-10)16(17,18)19/h2-8,15,20H,9H2,1H3. The Morgan fingerprint density at radius 3 is 2.67 bits per heavy atom. The van der Waals surface area contributed by atoms with Crippen LogP contribution in [0.3, 0.4) is 0 Å². The first kappa shape index (κ1) is 13.8. The number of fused-ring (bicyclic) bond motifs is 1. The number of halogens is 3. The number of anilines is 1. The quantitative estimate of drug-likeness (QED) is 0.884. The highest BCUT2D eigenvalue weighted by Crippen LogP contribution is 2.38. The molecule has 5 heteroatoms. The molecular formula is C16H14F3NO. The van der Waals surface area contributed by atoms with Gasteiger partial charge in [0.2, 0.25) is 0 Å². The van der Waals surface area contributed by atoms with Crippen LogP contribution in [0.4, 0.5) is 18.9 Å². The van der Waals surface area contributed by atoms with E-state index in [-0.39, 0.29) is 6.04 Å². The van der Waals surface area contributed by atoms with Gasteiger partial charge in [0, 0.05) is 5.69 Å². The number of nitrogens with one attached hydrogen (secondary N) is 1. The van der Waals surface area contributed by atoms with Crippen LogP contribution in [0.2, 0.25) is 0 Å². The molecule has 0 spiro atoms. The molecule has 1 aliphatic heterocycles. The fourth-order valence-corrected chi connectivity index (χ4v) is 2.60. The van der Waals surface area contributed by atoms with Crippen LogP contribution in [0.1, 0.15) is 22.7 Å². The predicted octanol–water partition coefficient (Wildman–Crippen LogP) is 4.42. The summed E-state index contributed by atoms with van der Waals surface area (Å²) in [4.78, 5) is 0. The molecule has 0 bridgehead atoms. The summed E-state index contributed by atoms with van der Waals surface area (Å²) in [7, 11) is 1.59. The zero-order valence-electron chi connectivity index (χ0n) is 11.4. The van der Waals surface area contributed by atoms with Gasteiger partial charge in [-0.25, -0.2) is 0 Å². The zero-order valence-corrected chi connectivity index (χ0v) is 11.4. The Balaban J connectivity index is 1.87. The fraction of sp³-hybridized carbons (Fsp3) is 0.250. The monoisotopic (exact) mass is 293 g/mol. The highest BCUT2D eigenvalue weighted by atomic mass is 19.4. The molecular weight excluding hydrogens is 279 g/mol. The summed E-state index contributed by atoms with van der Waals surface area (Å²) in [6.45, 7) is 0. The van der Waals surface area contributed by atoms with Crippen LogP contribution in [-0.4, -0.2) is 7.11 Å².